The molecule has 1 saturated heterocycles. The summed E-state index contributed by atoms with van der Waals surface area (Å²) in [5.41, 5.74) is 3.35. The van der Waals surface area contributed by atoms with Gasteiger partial charge in [0.15, 0.2) is 0 Å². The summed E-state index contributed by atoms with van der Waals surface area (Å²) in [6.07, 6.45) is 0. The SMILES string of the molecule is C[C@@H]1CNCCN1C(=O)c1cccc(OCc2cscn2)c1. The Hall–Kier alpha value is -1.92. The van der Waals surface area contributed by atoms with Crippen molar-refractivity contribution in [1.82, 2.24) is 15.2 Å². The van der Waals surface area contributed by atoms with Gasteiger partial charge in [-0.05, 0) is 25.1 Å². The van der Waals surface area contributed by atoms with Crippen molar-refractivity contribution in [2.45, 2.75) is 19.6 Å². The second-order valence-corrected chi connectivity index (χ2v) is 6.07. The molecule has 5 nitrogen and oxygen atoms in total. The molecule has 0 bridgehead atoms. The Morgan fingerprint density at radius 3 is 3.23 bits per heavy atom. The van der Waals surface area contributed by atoms with Crippen LogP contribution in [0, 0.1) is 0 Å². The quantitative estimate of drug-likeness (QED) is 0.939. The van der Waals surface area contributed by atoms with Gasteiger partial charge in [-0.15, -0.1) is 11.3 Å². The van der Waals surface area contributed by atoms with Gasteiger partial charge in [0.1, 0.15) is 12.4 Å². The number of nitrogens with zero attached hydrogens (tertiary/aromatic N) is 2. The van der Waals surface area contributed by atoms with Gasteiger partial charge in [0.2, 0.25) is 0 Å². The summed E-state index contributed by atoms with van der Waals surface area (Å²) in [4.78, 5) is 18.7. The summed E-state index contributed by atoms with van der Waals surface area (Å²) in [7, 11) is 0. The maximum Gasteiger partial charge on any atom is 0.254 e. The van der Waals surface area contributed by atoms with Crippen LogP contribution in [0.1, 0.15) is 23.0 Å². The first-order valence-corrected chi connectivity index (χ1v) is 8.30. The lowest BCUT2D eigenvalue weighted by Gasteiger charge is -2.34. The van der Waals surface area contributed by atoms with Crippen LogP contribution in [-0.2, 0) is 6.61 Å². The van der Waals surface area contributed by atoms with Crippen LogP contribution < -0.4 is 10.1 Å². The molecule has 0 unspecified atom stereocenters. The topological polar surface area (TPSA) is 54.5 Å². The van der Waals surface area contributed by atoms with E-state index >= 15 is 0 Å². The molecule has 2 heterocycles. The summed E-state index contributed by atoms with van der Waals surface area (Å²) in [6.45, 7) is 4.91. The zero-order valence-electron chi connectivity index (χ0n) is 12.5. The third kappa shape index (κ3) is 3.45. The lowest BCUT2D eigenvalue weighted by molar-refractivity contribution is 0.0655. The van der Waals surface area contributed by atoms with Gasteiger partial charge in [-0.2, -0.15) is 0 Å². The molecule has 1 aliphatic heterocycles. The Balaban J connectivity index is 1.68. The molecular formula is C16H19N3O2S. The van der Waals surface area contributed by atoms with E-state index < -0.39 is 0 Å². The van der Waals surface area contributed by atoms with Crippen LogP contribution in [0.15, 0.2) is 35.2 Å². The molecule has 116 valence electrons. The predicted molar refractivity (Wildman–Crippen MR) is 86.3 cm³/mol. The highest BCUT2D eigenvalue weighted by atomic mass is 32.1. The van der Waals surface area contributed by atoms with E-state index in [-0.39, 0.29) is 11.9 Å². The lowest BCUT2D eigenvalue weighted by atomic mass is 10.1. The molecule has 2 aromatic rings. The first-order chi connectivity index (χ1) is 10.7. The Bertz CT molecular complexity index is 630. The van der Waals surface area contributed by atoms with E-state index in [1.54, 1.807) is 16.8 Å². The van der Waals surface area contributed by atoms with E-state index in [0.717, 1.165) is 25.3 Å². The van der Waals surface area contributed by atoms with E-state index in [9.17, 15) is 4.79 Å². The van der Waals surface area contributed by atoms with Crippen molar-refractivity contribution in [3.63, 3.8) is 0 Å². The summed E-state index contributed by atoms with van der Waals surface area (Å²) < 4.78 is 5.72. The number of hydrogen-bond donors (Lipinski definition) is 1. The Morgan fingerprint density at radius 1 is 1.55 bits per heavy atom. The van der Waals surface area contributed by atoms with Crippen LogP contribution in [0.4, 0.5) is 0 Å². The number of carbonyl (C=O) groups excluding carboxylic acids is 1. The Morgan fingerprint density at radius 2 is 2.45 bits per heavy atom. The fourth-order valence-corrected chi connectivity index (χ4v) is 3.04. The van der Waals surface area contributed by atoms with Gasteiger partial charge in [-0.25, -0.2) is 4.98 Å². The lowest BCUT2D eigenvalue weighted by Crippen LogP contribution is -2.52. The van der Waals surface area contributed by atoms with Gasteiger partial charge in [0, 0.05) is 36.6 Å². The maximum absolute atomic E-state index is 12.6. The van der Waals surface area contributed by atoms with Crippen molar-refractivity contribution in [3.05, 3.63) is 46.4 Å². The minimum atomic E-state index is 0.0631. The molecule has 1 amide bonds. The van der Waals surface area contributed by atoms with Crippen LogP contribution in [0.25, 0.3) is 0 Å². The Kier molecular flexibility index (Phi) is 4.70. The number of aromatic nitrogens is 1. The summed E-state index contributed by atoms with van der Waals surface area (Å²) >= 11 is 1.54. The number of rotatable bonds is 4. The molecule has 0 aliphatic carbocycles. The summed E-state index contributed by atoms with van der Waals surface area (Å²) in [5.74, 6) is 0.759. The van der Waals surface area contributed by atoms with Crippen molar-refractivity contribution in [3.8, 4) is 5.75 Å². The molecule has 3 rings (SSSR count). The predicted octanol–water partition coefficient (Wildman–Crippen LogP) is 2.16. The number of benzene rings is 1. The number of carbonyl (C=O) groups is 1. The van der Waals surface area contributed by atoms with E-state index in [1.165, 1.54) is 0 Å². The fraction of sp³-hybridized carbons (Fsp3) is 0.375. The monoisotopic (exact) mass is 317 g/mol. The van der Waals surface area contributed by atoms with Crippen LogP contribution >= 0.6 is 11.3 Å². The summed E-state index contributed by atoms with van der Waals surface area (Å²) in [6, 6.07) is 7.58. The molecular weight excluding hydrogens is 298 g/mol. The van der Waals surface area contributed by atoms with Crippen LogP contribution in [0.2, 0.25) is 0 Å². The van der Waals surface area contributed by atoms with Crippen molar-refractivity contribution in [2.75, 3.05) is 19.6 Å². The van der Waals surface area contributed by atoms with Gasteiger partial charge < -0.3 is 15.0 Å². The first-order valence-electron chi connectivity index (χ1n) is 7.35. The van der Waals surface area contributed by atoms with Crippen LogP contribution in [-0.4, -0.2) is 41.5 Å². The van der Waals surface area contributed by atoms with Gasteiger partial charge >= 0.3 is 0 Å². The molecule has 22 heavy (non-hydrogen) atoms. The third-order valence-electron chi connectivity index (χ3n) is 3.71. The molecule has 1 fully saturated rings. The van der Waals surface area contributed by atoms with E-state index in [2.05, 4.69) is 17.2 Å². The van der Waals surface area contributed by atoms with Crippen molar-refractivity contribution in [1.29, 1.82) is 0 Å². The highest BCUT2D eigenvalue weighted by Gasteiger charge is 2.24. The molecule has 0 saturated carbocycles. The number of nitrogens with one attached hydrogen (secondary N) is 1. The van der Waals surface area contributed by atoms with Gasteiger partial charge in [-0.3, -0.25) is 4.79 Å². The molecule has 1 N–H and O–H groups in total. The maximum atomic E-state index is 12.6. The van der Waals surface area contributed by atoms with Gasteiger partial charge in [0.05, 0.1) is 11.2 Å². The van der Waals surface area contributed by atoms with Crippen molar-refractivity contribution >= 4 is 17.2 Å². The standard InChI is InChI=1S/C16H19N3O2S/c1-12-8-17-5-6-19(12)16(20)13-3-2-4-15(7-13)21-9-14-10-22-11-18-14/h2-4,7,10-12,17H,5-6,8-9H2,1H3/t12-/m1/s1. The minimum absolute atomic E-state index is 0.0631. The second kappa shape index (κ2) is 6.89. The van der Waals surface area contributed by atoms with E-state index in [0.29, 0.717) is 17.9 Å². The third-order valence-corrected chi connectivity index (χ3v) is 4.35. The molecule has 1 aromatic carbocycles. The van der Waals surface area contributed by atoms with Crippen LogP contribution in [0.5, 0.6) is 5.75 Å². The first kappa shape index (κ1) is 15.0. The van der Waals surface area contributed by atoms with Gasteiger partial charge in [0.25, 0.3) is 5.91 Å². The Labute approximate surface area is 133 Å². The summed E-state index contributed by atoms with van der Waals surface area (Å²) in [5, 5.41) is 5.25. The average Bonchev–Trinajstić information content (AvgIpc) is 3.06. The normalized spacial score (nSPS) is 18.2. The highest BCUT2D eigenvalue weighted by molar-refractivity contribution is 7.07. The smallest absolute Gasteiger partial charge is 0.254 e. The molecule has 6 heteroatoms. The number of thiazole rings is 1. The minimum Gasteiger partial charge on any atom is -0.487 e. The zero-order chi connectivity index (χ0) is 15.4. The second-order valence-electron chi connectivity index (χ2n) is 5.35. The zero-order valence-corrected chi connectivity index (χ0v) is 13.3. The highest BCUT2D eigenvalue weighted by Crippen LogP contribution is 2.18. The van der Waals surface area contributed by atoms with Gasteiger partial charge in [-0.1, -0.05) is 6.07 Å². The number of amides is 1. The number of piperazine rings is 1. The molecule has 0 radical (unpaired) electrons. The fourth-order valence-electron chi connectivity index (χ4n) is 2.49. The molecule has 1 aliphatic rings. The van der Waals surface area contributed by atoms with Crippen molar-refractivity contribution in [2.24, 2.45) is 0 Å². The number of hydrogen-bond acceptors (Lipinski definition) is 5. The van der Waals surface area contributed by atoms with Crippen molar-refractivity contribution < 1.29 is 9.53 Å². The number of ether oxygens (including phenoxy) is 1. The van der Waals surface area contributed by atoms with E-state index in [4.69, 9.17) is 4.74 Å². The molecule has 0 spiro atoms. The molecule has 1 aromatic heterocycles. The largest absolute Gasteiger partial charge is 0.487 e. The molecule has 1 atom stereocenters. The average molecular weight is 317 g/mol. The van der Waals surface area contributed by atoms with Crippen LogP contribution in [0.3, 0.4) is 0 Å². The van der Waals surface area contributed by atoms with E-state index in [1.807, 2.05) is 34.5 Å².